The molecule has 0 spiro atoms. The molecule has 8 heteroatoms. The average Bonchev–Trinajstić information content (AvgIpc) is 2.80. The van der Waals surface area contributed by atoms with Crippen molar-refractivity contribution in [3.63, 3.8) is 0 Å². The Labute approximate surface area is 191 Å². The van der Waals surface area contributed by atoms with E-state index in [1.807, 2.05) is 54.6 Å². The Morgan fingerprint density at radius 1 is 1.03 bits per heavy atom. The van der Waals surface area contributed by atoms with Crippen molar-refractivity contribution < 1.29 is 19.4 Å². The van der Waals surface area contributed by atoms with Gasteiger partial charge in [0.25, 0.3) is 5.56 Å². The predicted molar refractivity (Wildman–Crippen MR) is 125 cm³/mol. The number of hydrogen-bond donors (Lipinski definition) is 3. The molecule has 3 rings (SSSR count). The molecule has 0 bridgehead atoms. The zero-order valence-corrected chi connectivity index (χ0v) is 18.6. The van der Waals surface area contributed by atoms with Crippen LogP contribution < -0.4 is 16.2 Å². The first-order valence-corrected chi connectivity index (χ1v) is 10.6. The van der Waals surface area contributed by atoms with Crippen LogP contribution in [0.3, 0.4) is 0 Å². The Kier molecular flexibility index (Phi) is 7.86. The van der Waals surface area contributed by atoms with Gasteiger partial charge in [0.15, 0.2) is 5.69 Å². The first kappa shape index (κ1) is 23.6. The van der Waals surface area contributed by atoms with Crippen LogP contribution in [-0.2, 0) is 23.0 Å². The van der Waals surface area contributed by atoms with Gasteiger partial charge >= 0.3 is 12.0 Å². The predicted octanol–water partition coefficient (Wildman–Crippen LogP) is 3.50. The van der Waals surface area contributed by atoms with Gasteiger partial charge in [-0.1, -0.05) is 54.6 Å². The second-order valence-electron chi connectivity index (χ2n) is 7.56. The number of rotatable bonds is 8. The van der Waals surface area contributed by atoms with Gasteiger partial charge in [-0.05, 0) is 36.1 Å². The van der Waals surface area contributed by atoms with Gasteiger partial charge in [0.1, 0.15) is 5.75 Å². The largest absolute Gasteiger partial charge is 0.505 e. The normalized spacial score (nSPS) is 11.5. The maximum atomic E-state index is 12.6. The summed E-state index contributed by atoms with van der Waals surface area (Å²) < 4.78 is 6.28. The highest BCUT2D eigenvalue weighted by atomic mass is 16.5. The van der Waals surface area contributed by atoms with Gasteiger partial charge in [0, 0.05) is 13.2 Å². The van der Waals surface area contributed by atoms with Gasteiger partial charge in [-0.2, -0.15) is 0 Å². The third-order valence-corrected chi connectivity index (χ3v) is 5.10. The van der Waals surface area contributed by atoms with E-state index in [0.29, 0.717) is 5.56 Å². The van der Waals surface area contributed by atoms with Crippen LogP contribution in [0.2, 0.25) is 0 Å². The Hall–Kier alpha value is -4.07. The van der Waals surface area contributed by atoms with Crippen LogP contribution in [0.4, 0.5) is 10.5 Å². The summed E-state index contributed by atoms with van der Waals surface area (Å²) in [6, 6.07) is 17.5. The number of nitrogens with zero attached hydrogens (tertiary/aromatic N) is 1. The lowest BCUT2D eigenvalue weighted by Gasteiger charge is -2.19. The summed E-state index contributed by atoms with van der Waals surface area (Å²) in [6.07, 6.45) is 2.06. The van der Waals surface area contributed by atoms with Crippen LogP contribution in [0, 0.1) is 0 Å². The van der Waals surface area contributed by atoms with Crippen LogP contribution in [0.25, 0.3) is 0 Å². The highest BCUT2D eigenvalue weighted by Gasteiger charge is 2.21. The molecule has 172 valence electrons. The molecule has 1 atom stereocenters. The summed E-state index contributed by atoms with van der Waals surface area (Å²) in [5, 5.41) is 15.0. The number of urea groups is 1. The Morgan fingerprint density at radius 2 is 1.70 bits per heavy atom. The minimum Gasteiger partial charge on any atom is -0.505 e. The van der Waals surface area contributed by atoms with Gasteiger partial charge in [0.2, 0.25) is 0 Å². The molecule has 2 amide bonds. The molecule has 0 unspecified atom stereocenters. The van der Waals surface area contributed by atoms with Crippen molar-refractivity contribution in [2.45, 2.75) is 25.8 Å². The summed E-state index contributed by atoms with van der Waals surface area (Å²) >= 11 is 0. The van der Waals surface area contributed by atoms with E-state index in [2.05, 4.69) is 10.6 Å². The standard InChI is InChI=1S/C25H27N3O5/c1-3-33-22(30)16-20(26-25(32)27-23-21(29)13-14-28(2)24(23)31)19-11-9-18(10-12-19)15-17-7-5-4-6-8-17/h4-14,20,29H,3,15-16H2,1-2H3,(H2,26,27,32)/t20-/m0/s1. The van der Waals surface area contributed by atoms with Crippen molar-refractivity contribution in [2.75, 3.05) is 11.9 Å². The fourth-order valence-corrected chi connectivity index (χ4v) is 3.38. The number of hydrogen-bond acceptors (Lipinski definition) is 5. The van der Waals surface area contributed by atoms with Gasteiger partial charge in [-0.25, -0.2) is 4.79 Å². The number of nitrogens with one attached hydrogen (secondary N) is 2. The summed E-state index contributed by atoms with van der Waals surface area (Å²) in [5.74, 6) is -0.810. The quantitative estimate of drug-likeness (QED) is 0.456. The molecule has 33 heavy (non-hydrogen) atoms. The Morgan fingerprint density at radius 3 is 2.36 bits per heavy atom. The van der Waals surface area contributed by atoms with Gasteiger partial charge in [-0.15, -0.1) is 0 Å². The topological polar surface area (TPSA) is 110 Å². The van der Waals surface area contributed by atoms with E-state index in [1.165, 1.54) is 29.4 Å². The molecule has 3 N–H and O–H groups in total. The molecule has 0 radical (unpaired) electrons. The number of anilines is 1. The van der Waals surface area contributed by atoms with Crippen LogP contribution in [0.1, 0.15) is 36.1 Å². The third kappa shape index (κ3) is 6.46. The van der Waals surface area contributed by atoms with E-state index in [0.717, 1.165) is 12.0 Å². The second kappa shape index (κ2) is 11.0. The van der Waals surface area contributed by atoms with Crippen molar-refractivity contribution in [1.29, 1.82) is 0 Å². The number of carbonyl (C=O) groups excluding carboxylic acids is 2. The molecular weight excluding hydrogens is 422 g/mol. The van der Waals surface area contributed by atoms with Crippen LogP contribution in [-0.4, -0.2) is 28.3 Å². The second-order valence-corrected chi connectivity index (χ2v) is 7.56. The smallest absolute Gasteiger partial charge is 0.319 e. The van der Waals surface area contributed by atoms with Crippen molar-refractivity contribution in [3.05, 3.63) is 93.9 Å². The summed E-state index contributed by atoms with van der Waals surface area (Å²) in [4.78, 5) is 37.0. The fourth-order valence-electron chi connectivity index (χ4n) is 3.38. The minimum atomic E-state index is -0.726. The zero-order chi connectivity index (χ0) is 23.8. The third-order valence-electron chi connectivity index (χ3n) is 5.10. The lowest BCUT2D eigenvalue weighted by Crippen LogP contribution is -2.36. The maximum Gasteiger partial charge on any atom is 0.319 e. The number of esters is 1. The highest BCUT2D eigenvalue weighted by molar-refractivity contribution is 5.91. The Balaban J connectivity index is 1.77. The number of amides is 2. The molecule has 1 heterocycles. The van der Waals surface area contributed by atoms with E-state index < -0.39 is 23.6 Å². The van der Waals surface area contributed by atoms with Crippen LogP contribution >= 0.6 is 0 Å². The Bertz CT molecular complexity index is 1160. The average molecular weight is 450 g/mol. The molecule has 0 saturated heterocycles. The molecule has 0 aliphatic heterocycles. The molecule has 0 fully saturated rings. The molecular formula is C25H27N3O5. The minimum absolute atomic E-state index is 0.0852. The molecule has 1 aromatic heterocycles. The molecule has 0 aliphatic rings. The summed E-state index contributed by atoms with van der Waals surface area (Å²) in [6.45, 7) is 1.93. The van der Waals surface area contributed by atoms with E-state index in [1.54, 1.807) is 6.92 Å². The first-order valence-electron chi connectivity index (χ1n) is 10.6. The van der Waals surface area contributed by atoms with E-state index >= 15 is 0 Å². The molecule has 2 aromatic carbocycles. The van der Waals surface area contributed by atoms with Crippen molar-refractivity contribution >= 4 is 17.7 Å². The van der Waals surface area contributed by atoms with E-state index in [9.17, 15) is 19.5 Å². The van der Waals surface area contributed by atoms with E-state index in [4.69, 9.17) is 4.74 Å². The molecule has 0 saturated carbocycles. The van der Waals surface area contributed by atoms with Crippen LogP contribution in [0.5, 0.6) is 5.75 Å². The van der Waals surface area contributed by atoms with Crippen molar-refractivity contribution in [1.82, 2.24) is 9.88 Å². The highest BCUT2D eigenvalue weighted by Crippen LogP contribution is 2.21. The molecule has 0 aliphatic carbocycles. The lowest BCUT2D eigenvalue weighted by atomic mass is 9.99. The molecule has 3 aromatic rings. The number of aromatic hydroxyl groups is 1. The number of carbonyl (C=O) groups is 2. The number of aryl methyl sites for hydroxylation is 1. The monoisotopic (exact) mass is 449 g/mol. The zero-order valence-electron chi connectivity index (χ0n) is 18.6. The van der Waals surface area contributed by atoms with Gasteiger partial charge in [-0.3, -0.25) is 9.59 Å². The SMILES string of the molecule is CCOC(=O)C[C@H](NC(=O)Nc1c(O)ccn(C)c1=O)c1ccc(Cc2ccccc2)cc1. The van der Waals surface area contributed by atoms with E-state index in [-0.39, 0.29) is 24.5 Å². The lowest BCUT2D eigenvalue weighted by molar-refractivity contribution is -0.143. The molecule has 8 nitrogen and oxygen atoms in total. The number of aromatic nitrogens is 1. The van der Waals surface area contributed by atoms with Crippen molar-refractivity contribution in [3.8, 4) is 5.75 Å². The maximum absolute atomic E-state index is 12.6. The van der Waals surface area contributed by atoms with Crippen molar-refractivity contribution in [2.24, 2.45) is 7.05 Å². The summed E-state index contributed by atoms with van der Waals surface area (Å²) in [7, 11) is 1.51. The number of benzene rings is 2. The first-order chi connectivity index (χ1) is 15.9. The van der Waals surface area contributed by atoms with Crippen LogP contribution in [0.15, 0.2) is 71.7 Å². The van der Waals surface area contributed by atoms with Gasteiger partial charge in [0.05, 0.1) is 19.1 Å². The number of ether oxygens (including phenoxy) is 1. The summed E-state index contributed by atoms with van der Waals surface area (Å²) in [5.41, 5.74) is 2.17. The number of pyridine rings is 1. The fraction of sp³-hybridized carbons (Fsp3) is 0.240. The van der Waals surface area contributed by atoms with Gasteiger partial charge < -0.3 is 25.0 Å².